The molecule has 0 amide bonds. The van der Waals surface area contributed by atoms with E-state index in [9.17, 15) is 4.79 Å². The minimum atomic E-state index is -1.83. The number of rotatable bonds is 3. The highest BCUT2D eigenvalue weighted by molar-refractivity contribution is 6.93. The number of ether oxygens (including phenoxy) is 3. The highest BCUT2D eigenvalue weighted by Gasteiger charge is 2.45. The molecule has 0 aromatic heterocycles. The second kappa shape index (κ2) is 5.88. The average Bonchev–Trinajstić information content (AvgIpc) is 3.11. The zero-order chi connectivity index (χ0) is 17.7. The number of fused-ring (bicyclic) bond motifs is 2. The first-order valence-corrected chi connectivity index (χ1v) is 11.8. The molecule has 2 aliphatic rings. The van der Waals surface area contributed by atoms with Gasteiger partial charge >= 0.3 is 5.97 Å². The van der Waals surface area contributed by atoms with Crippen molar-refractivity contribution < 1.29 is 19.0 Å². The minimum absolute atomic E-state index is 0.189. The summed E-state index contributed by atoms with van der Waals surface area (Å²) >= 11 is 0. The Morgan fingerprint density at radius 1 is 1.17 bits per heavy atom. The van der Waals surface area contributed by atoms with Crippen LogP contribution in [-0.2, 0) is 29.1 Å². The molecular formula is C19H28O4Si. The topological polar surface area (TPSA) is 44.8 Å². The molecule has 2 heterocycles. The van der Waals surface area contributed by atoms with Crippen LogP contribution in [0.3, 0.4) is 0 Å². The Bertz CT molecular complexity index is 651. The quantitative estimate of drug-likeness (QED) is 0.619. The first kappa shape index (κ1) is 17.5. The predicted molar refractivity (Wildman–Crippen MR) is 96.9 cm³/mol. The van der Waals surface area contributed by atoms with Crippen molar-refractivity contribution in [3.8, 4) is 5.75 Å². The molecule has 0 saturated heterocycles. The van der Waals surface area contributed by atoms with E-state index in [0.29, 0.717) is 32.0 Å². The van der Waals surface area contributed by atoms with Crippen LogP contribution < -0.4 is 9.92 Å². The van der Waals surface area contributed by atoms with Gasteiger partial charge in [-0.15, -0.1) is 0 Å². The van der Waals surface area contributed by atoms with Crippen molar-refractivity contribution in [2.24, 2.45) is 0 Å². The molecule has 1 aromatic carbocycles. The van der Waals surface area contributed by atoms with E-state index in [4.69, 9.17) is 14.2 Å². The van der Waals surface area contributed by atoms with E-state index >= 15 is 0 Å². The molecule has 0 aliphatic carbocycles. The lowest BCUT2D eigenvalue weighted by Crippen LogP contribution is -2.51. The monoisotopic (exact) mass is 348 g/mol. The number of carbonyl (C=O) groups is 1. The molecule has 4 nitrogen and oxygen atoms in total. The third-order valence-corrected chi connectivity index (χ3v) is 11.4. The van der Waals surface area contributed by atoms with E-state index in [0.717, 1.165) is 23.3 Å². The van der Waals surface area contributed by atoms with Gasteiger partial charge in [-0.2, -0.15) is 0 Å². The van der Waals surface area contributed by atoms with E-state index in [2.05, 4.69) is 33.9 Å². The second-order valence-corrected chi connectivity index (χ2v) is 13.5. The van der Waals surface area contributed by atoms with Gasteiger partial charge in [-0.25, -0.2) is 4.79 Å². The Hall–Kier alpha value is -1.33. The summed E-state index contributed by atoms with van der Waals surface area (Å²) in [6.45, 7) is 15.7. The second-order valence-electron chi connectivity index (χ2n) is 8.20. The van der Waals surface area contributed by atoms with E-state index in [1.807, 2.05) is 6.92 Å². The van der Waals surface area contributed by atoms with Crippen molar-refractivity contribution in [2.75, 3.05) is 13.2 Å². The van der Waals surface area contributed by atoms with Gasteiger partial charge in [0, 0.05) is 12.0 Å². The van der Waals surface area contributed by atoms with Crippen LogP contribution in [-0.4, -0.2) is 27.3 Å². The normalized spacial score (nSPS) is 16.6. The zero-order valence-electron chi connectivity index (χ0n) is 15.7. The Kier molecular flexibility index (Phi) is 4.29. The fraction of sp³-hybridized carbons (Fsp3) is 0.632. The summed E-state index contributed by atoms with van der Waals surface area (Å²) in [6, 6.07) is 0. The summed E-state index contributed by atoms with van der Waals surface area (Å²) in [7, 11) is -1.83. The van der Waals surface area contributed by atoms with Crippen molar-refractivity contribution in [3.05, 3.63) is 22.3 Å². The van der Waals surface area contributed by atoms with Crippen LogP contribution in [0.4, 0.5) is 0 Å². The van der Waals surface area contributed by atoms with Gasteiger partial charge in [0.1, 0.15) is 5.75 Å². The van der Waals surface area contributed by atoms with Crippen LogP contribution in [0.5, 0.6) is 5.75 Å². The van der Waals surface area contributed by atoms with Crippen molar-refractivity contribution >= 4 is 19.2 Å². The zero-order valence-corrected chi connectivity index (χ0v) is 16.7. The standard InChI is InChI=1S/C19H28O4Si/c1-7-22-18(20)15-12-8-9-23-16(12)17(14-11-21-10-13(14)15)24(5,6)19(2,3)4/h7-11H2,1-6H3. The van der Waals surface area contributed by atoms with Crippen LogP contribution in [0.1, 0.15) is 54.7 Å². The molecule has 0 spiro atoms. The van der Waals surface area contributed by atoms with Crippen LogP contribution in [0.2, 0.25) is 18.1 Å². The molecule has 3 rings (SSSR count). The molecule has 1 aromatic rings. The molecule has 0 unspecified atom stereocenters. The maximum absolute atomic E-state index is 12.6. The summed E-state index contributed by atoms with van der Waals surface area (Å²) in [5, 5.41) is 1.54. The molecule has 0 bridgehead atoms. The molecule has 5 heteroatoms. The van der Waals surface area contributed by atoms with Crippen molar-refractivity contribution in [2.45, 2.75) is 65.5 Å². The Balaban J connectivity index is 2.30. The Morgan fingerprint density at radius 3 is 2.46 bits per heavy atom. The molecule has 24 heavy (non-hydrogen) atoms. The maximum Gasteiger partial charge on any atom is 0.338 e. The third-order valence-electron chi connectivity index (χ3n) is 5.84. The van der Waals surface area contributed by atoms with Crippen molar-refractivity contribution in [3.63, 3.8) is 0 Å². The first-order valence-electron chi connectivity index (χ1n) is 8.78. The molecule has 132 valence electrons. The fourth-order valence-corrected chi connectivity index (χ4v) is 6.12. The molecule has 0 atom stereocenters. The summed E-state index contributed by atoms with van der Waals surface area (Å²) in [5.74, 6) is 0.719. The third kappa shape index (κ3) is 2.49. The highest BCUT2D eigenvalue weighted by Crippen LogP contribution is 2.43. The lowest BCUT2D eigenvalue weighted by Gasteiger charge is -2.39. The van der Waals surface area contributed by atoms with Gasteiger partial charge in [-0.1, -0.05) is 33.9 Å². The van der Waals surface area contributed by atoms with Gasteiger partial charge in [0.15, 0.2) is 0 Å². The van der Waals surface area contributed by atoms with Gasteiger partial charge in [-0.05, 0) is 28.3 Å². The van der Waals surface area contributed by atoms with Gasteiger partial charge < -0.3 is 14.2 Å². The SMILES string of the molecule is CCOC(=O)c1c2c(c([Si](C)(C)C(C)(C)C)c3c1CCO3)COC2. The molecule has 0 fully saturated rings. The van der Waals surface area contributed by atoms with Crippen LogP contribution in [0, 0.1) is 0 Å². The van der Waals surface area contributed by atoms with Crippen molar-refractivity contribution in [1.82, 2.24) is 0 Å². The fourth-order valence-electron chi connectivity index (χ4n) is 3.60. The Labute approximate surface area is 145 Å². The Morgan fingerprint density at radius 2 is 1.83 bits per heavy atom. The molecule has 0 N–H and O–H groups in total. The average molecular weight is 349 g/mol. The predicted octanol–water partition coefficient (Wildman–Crippen LogP) is 3.54. The summed E-state index contributed by atoms with van der Waals surface area (Å²) in [4.78, 5) is 12.6. The minimum Gasteiger partial charge on any atom is -0.493 e. The molecule has 2 aliphatic heterocycles. The van der Waals surface area contributed by atoms with Crippen LogP contribution >= 0.6 is 0 Å². The van der Waals surface area contributed by atoms with Crippen LogP contribution in [0.15, 0.2) is 0 Å². The first-order chi connectivity index (χ1) is 11.2. The van der Waals surface area contributed by atoms with Gasteiger partial charge in [0.25, 0.3) is 0 Å². The number of esters is 1. The number of hydrogen-bond acceptors (Lipinski definition) is 4. The number of hydrogen-bond donors (Lipinski definition) is 0. The molecule has 0 saturated carbocycles. The van der Waals surface area contributed by atoms with E-state index in [1.54, 1.807) is 0 Å². The lowest BCUT2D eigenvalue weighted by molar-refractivity contribution is 0.0521. The van der Waals surface area contributed by atoms with Gasteiger partial charge in [0.2, 0.25) is 0 Å². The lowest BCUT2D eigenvalue weighted by atomic mass is 9.95. The van der Waals surface area contributed by atoms with Crippen LogP contribution in [0.25, 0.3) is 0 Å². The van der Waals surface area contributed by atoms with Crippen molar-refractivity contribution in [1.29, 1.82) is 0 Å². The van der Waals surface area contributed by atoms with E-state index in [-0.39, 0.29) is 11.0 Å². The van der Waals surface area contributed by atoms with Gasteiger partial charge in [-0.3, -0.25) is 0 Å². The van der Waals surface area contributed by atoms with Gasteiger partial charge in [0.05, 0.1) is 40.1 Å². The summed E-state index contributed by atoms with van der Waals surface area (Å²) in [5.41, 5.74) is 3.97. The smallest absolute Gasteiger partial charge is 0.338 e. The number of benzene rings is 1. The largest absolute Gasteiger partial charge is 0.493 e. The molecule has 0 radical (unpaired) electrons. The summed E-state index contributed by atoms with van der Waals surface area (Å²) < 4.78 is 17.2. The molecular weight excluding hydrogens is 320 g/mol. The van der Waals surface area contributed by atoms with E-state index < -0.39 is 8.07 Å². The highest BCUT2D eigenvalue weighted by atomic mass is 28.3. The summed E-state index contributed by atoms with van der Waals surface area (Å²) in [6.07, 6.45) is 0.776. The maximum atomic E-state index is 12.6. The number of carbonyl (C=O) groups excluding carboxylic acids is 1. The van der Waals surface area contributed by atoms with E-state index in [1.165, 1.54) is 10.8 Å².